The maximum absolute atomic E-state index is 5.81. The highest BCUT2D eigenvalue weighted by Gasteiger charge is 2.09. The Labute approximate surface area is 110 Å². The maximum Gasteiger partial charge on any atom is 0.0317 e. The minimum Gasteiger partial charge on any atom is -0.399 e. The van der Waals surface area contributed by atoms with E-state index in [0.29, 0.717) is 6.04 Å². The molecule has 96 valence electrons. The molecule has 2 nitrogen and oxygen atoms in total. The lowest BCUT2D eigenvalue weighted by molar-refractivity contribution is 0.227. The second-order valence-electron chi connectivity index (χ2n) is 4.51. The molecule has 0 aliphatic heterocycles. The molecular weight excluding hydrogens is 228 g/mol. The van der Waals surface area contributed by atoms with Gasteiger partial charge in [-0.1, -0.05) is 19.1 Å². The average molecular weight is 252 g/mol. The monoisotopic (exact) mass is 252 g/mol. The van der Waals surface area contributed by atoms with Crippen LogP contribution in [0, 0.1) is 0 Å². The van der Waals surface area contributed by atoms with Crippen molar-refractivity contribution in [2.45, 2.75) is 33.4 Å². The van der Waals surface area contributed by atoms with E-state index in [0.717, 1.165) is 18.8 Å². The Bertz CT molecular complexity index is 326. The van der Waals surface area contributed by atoms with E-state index < -0.39 is 0 Å². The summed E-state index contributed by atoms with van der Waals surface area (Å²) in [5.41, 5.74) is 7.97. The molecule has 2 N–H and O–H groups in total. The van der Waals surface area contributed by atoms with E-state index in [-0.39, 0.29) is 0 Å². The van der Waals surface area contributed by atoms with Crippen molar-refractivity contribution < 1.29 is 0 Å². The zero-order valence-corrected chi connectivity index (χ0v) is 12.0. The van der Waals surface area contributed by atoms with Crippen LogP contribution in [0.3, 0.4) is 0 Å². The Hall–Kier alpha value is -0.670. The third-order valence-electron chi connectivity index (χ3n) is 2.79. The number of anilines is 1. The van der Waals surface area contributed by atoms with Crippen molar-refractivity contribution in [1.29, 1.82) is 0 Å². The molecule has 0 radical (unpaired) electrons. The summed E-state index contributed by atoms with van der Waals surface area (Å²) in [6.45, 7) is 8.85. The molecule has 0 heterocycles. The number of thioether (sulfide) groups is 1. The first-order valence-electron chi connectivity index (χ1n) is 6.29. The number of rotatable bonds is 7. The van der Waals surface area contributed by atoms with Gasteiger partial charge < -0.3 is 5.73 Å². The Kier molecular flexibility index (Phi) is 6.45. The third kappa shape index (κ3) is 5.46. The molecule has 0 aliphatic rings. The standard InChI is InChI=1S/C14H24N2S/c1-4-17-9-8-16(12(2)3)11-13-6-5-7-14(15)10-13/h5-7,10,12H,4,8-9,11,15H2,1-3H3. The lowest BCUT2D eigenvalue weighted by atomic mass is 10.1. The molecule has 0 saturated carbocycles. The molecule has 1 aromatic rings. The highest BCUT2D eigenvalue weighted by molar-refractivity contribution is 7.99. The molecule has 0 saturated heterocycles. The van der Waals surface area contributed by atoms with Gasteiger partial charge >= 0.3 is 0 Å². The van der Waals surface area contributed by atoms with Gasteiger partial charge in [-0.2, -0.15) is 11.8 Å². The van der Waals surface area contributed by atoms with E-state index in [4.69, 9.17) is 5.73 Å². The van der Waals surface area contributed by atoms with Gasteiger partial charge in [-0.05, 0) is 37.3 Å². The molecule has 0 spiro atoms. The van der Waals surface area contributed by atoms with Crippen LogP contribution in [0.1, 0.15) is 26.3 Å². The van der Waals surface area contributed by atoms with Crippen LogP contribution in [0.4, 0.5) is 5.69 Å². The Morgan fingerprint density at radius 1 is 1.35 bits per heavy atom. The van der Waals surface area contributed by atoms with Gasteiger partial charge in [0.1, 0.15) is 0 Å². The summed E-state index contributed by atoms with van der Waals surface area (Å²) in [6.07, 6.45) is 0. The highest BCUT2D eigenvalue weighted by Crippen LogP contribution is 2.12. The first-order valence-corrected chi connectivity index (χ1v) is 7.45. The number of hydrogen-bond acceptors (Lipinski definition) is 3. The molecule has 1 rings (SSSR count). The lowest BCUT2D eigenvalue weighted by Crippen LogP contribution is -2.32. The summed E-state index contributed by atoms with van der Waals surface area (Å²) in [6, 6.07) is 8.77. The predicted molar refractivity (Wildman–Crippen MR) is 79.4 cm³/mol. The number of nitrogens with two attached hydrogens (primary N) is 1. The SMILES string of the molecule is CCSCCN(Cc1cccc(N)c1)C(C)C. The molecule has 0 fully saturated rings. The summed E-state index contributed by atoms with van der Waals surface area (Å²) in [7, 11) is 0. The van der Waals surface area contributed by atoms with E-state index in [1.54, 1.807) is 0 Å². The summed E-state index contributed by atoms with van der Waals surface area (Å²) >= 11 is 2.00. The van der Waals surface area contributed by atoms with Crippen molar-refractivity contribution in [1.82, 2.24) is 4.90 Å². The summed E-state index contributed by atoms with van der Waals surface area (Å²) in [5, 5.41) is 0. The maximum atomic E-state index is 5.81. The molecule has 17 heavy (non-hydrogen) atoms. The van der Waals surface area contributed by atoms with E-state index >= 15 is 0 Å². The van der Waals surface area contributed by atoms with Crippen LogP contribution in [-0.2, 0) is 6.54 Å². The van der Waals surface area contributed by atoms with Crippen molar-refractivity contribution in [2.24, 2.45) is 0 Å². The molecule has 0 aliphatic carbocycles. The average Bonchev–Trinajstić information content (AvgIpc) is 2.28. The summed E-state index contributed by atoms with van der Waals surface area (Å²) < 4.78 is 0. The van der Waals surface area contributed by atoms with Crippen LogP contribution in [-0.4, -0.2) is 29.0 Å². The van der Waals surface area contributed by atoms with Gasteiger partial charge in [-0.15, -0.1) is 0 Å². The molecule has 0 bridgehead atoms. The topological polar surface area (TPSA) is 29.3 Å². The molecule has 0 atom stereocenters. The molecule has 1 aromatic carbocycles. The van der Waals surface area contributed by atoms with Crippen LogP contribution in [0.25, 0.3) is 0 Å². The molecule has 0 aromatic heterocycles. The van der Waals surface area contributed by atoms with Gasteiger partial charge in [0.05, 0.1) is 0 Å². The zero-order valence-electron chi connectivity index (χ0n) is 11.1. The minimum atomic E-state index is 0.578. The second kappa shape index (κ2) is 7.62. The fourth-order valence-corrected chi connectivity index (χ4v) is 2.42. The number of benzene rings is 1. The van der Waals surface area contributed by atoms with Gasteiger partial charge in [0.2, 0.25) is 0 Å². The largest absolute Gasteiger partial charge is 0.399 e. The second-order valence-corrected chi connectivity index (χ2v) is 5.90. The first kappa shape index (κ1) is 14.4. The van der Waals surface area contributed by atoms with E-state index in [1.807, 2.05) is 23.9 Å². The molecule has 0 amide bonds. The fourth-order valence-electron chi connectivity index (χ4n) is 1.77. The van der Waals surface area contributed by atoms with Crippen molar-refractivity contribution in [3.8, 4) is 0 Å². The van der Waals surface area contributed by atoms with Crippen molar-refractivity contribution in [3.05, 3.63) is 29.8 Å². The lowest BCUT2D eigenvalue weighted by Gasteiger charge is -2.26. The van der Waals surface area contributed by atoms with E-state index in [9.17, 15) is 0 Å². The molecule has 0 unspecified atom stereocenters. The van der Waals surface area contributed by atoms with Gasteiger partial charge in [0.25, 0.3) is 0 Å². The van der Waals surface area contributed by atoms with Crippen molar-refractivity contribution >= 4 is 17.4 Å². The molecule has 3 heteroatoms. The number of nitrogen functional groups attached to an aromatic ring is 1. The van der Waals surface area contributed by atoms with Gasteiger partial charge in [0, 0.05) is 30.6 Å². The van der Waals surface area contributed by atoms with Crippen molar-refractivity contribution in [3.63, 3.8) is 0 Å². The van der Waals surface area contributed by atoms with E-state index in [2.05, 4.69) is 37.8 Å². The van der Waals surface area contributed by atoms with Crippen LogP contribution >= 0.6 is 11.8 Å². The quantitative estimate of drug-likeness (QED) is 0.597. The van der Waals surface area contributed by atoms with Gasteiger partial charge in [-0.25, -0.2) is 0 Å². The smallest absolute Gasteiger partial charge is 0.0317 e. The first-order chi connectivity index (χ1) is 8.13. The van der Waals surface area contributed by atoms with Gasteiger partial charge in [0.15, 0.2) is 0 Å². The van der Waals surface area contributed by atoms with Crippen LogP contribution in [0.2, 0.25) is 0 Å². The van der Waals surface area contributed by atoms with Crippen LogP contribution in [0.15, 0.2) is 24.3 Å². The normalized spacial score (nSPS) is 11.4. The Morgan fingerprint density at radius 2 is 2.12 bits per heavy atom. The molecular formula is C14H24N2S. The van der Waals surface area contributed by atoms with Crippen LogP contribution < -0.4 is 5.73 Å². The zero-order chi connectivity index (χ0) is 12.7. The third-order valence-corrected chi connectivity index (χ3v) is 3.67. The highest BCUT2D eigenvalue weighted by atomic mass is 32.2. The van der Waals surface area contributed by atoms with Gasteiger partial charge in [-0.3, -0.25) is 4.90 Å². The summed E-state index contributed by atoms with van der Waals surface area (Å²) in [4.78, 5) is 2.50. The van der Waals surface area contributed by atoms with Crippen molar-refractivity contribution in [2.75, 3.05) is 23.8 Å². The van der Waals surface area contributed by atoms with Crippen LogP contribution in [0.5, 0.6) is 0 Å². The fraction of sp³-hybridized carbons (Fsp3) is 0.571. The van der Waals surface area contributed by atoms with E-state index in [1.165, 1.54) is 17.1 Å². The number of hydrogen-bond donors (Lipinski definition) is 1. The summed E-state index contributed by atoms with van der Waals surface area (Å²) in [5.74, 6) is 2.40. The Balaban J connectivity index is 2.54. The Morgan fingerprint density at radius 3 is 2.71 bits per heavy atom. The minimum absolute atomic E-state index is 0.578. The number of nitrogens with zero attached hydrogens (tertiary/aromatic N) is 1. The predicted octanol–water partition coefficient (Wildman–Crippen LogP) is 3.23.